The van der Waals surface area contributed by atoms with Crippen LogP contribution in [0, 0.1) is 0 Å². The number of anilines is 1. The van der Waals surface area contributed by atoms with Crippen LogP contribution in [-0.2, 0) is 4.79 Å². The van der Waals surface area contributed by atoms with Crippen molar-refractivity contribution in [2.75, 3.05) is 5.32 Å². The third kappa shape index (κ3) is 4.39. The summed E-state index contributed by atoms with van der Waals surface area (Å²) in [5, 5.41) is 11.3. The molecule has 1 aromatic carbocycles. The van der Waals surface area contributed by atoms with Crippen LogP contribution in [-0.4, -0.2) is 33.5 Å². The average Bonchev–Trinajstić information content (AvgIpc) is 3.34. The standard InChI is InChI=1S/C18H17N5O3S/c1-11(20-18(26)15-3-2-10-27-15)17(25)21-12-4-6-13(7-5-12)23-9-8-14(22-23)16(19)24/h2-11H,1H3,(H2,19,24)(H,20,26)(H,21,25)/t11-/m0/s1. The van der Waals surface area contributed by atoms with Crippen molar-refractivity contribution in [1.29, 1.82) is 0 Å². The van der Waals surface area contributed by atoms with Gasteiger partial charge in [-0.1, -0.05) is 6.07 Å². The van der Waals surface area contributed by atoms with Gasteiger partial charge in [0.2, 0.25) is 5.91 Å². The summed E-state index contributed by atoms with van der Waals surface area (Å²) in [5.74, 6) is -1.22. The summed E-state index contributed by atoms with van der Waals surface area (Å²) in [4.78, 5) is 35.9. The highest BCUT2D eigenvalue weighted by Gasteiger charge is 2.17. The lowest BCUT2D eigenvalue weighted by atomic mass is 10.2. The van der Waals surface area contributed by atoms with Crippen molar-refractivity contribution in [3.8, 4) is 5.69 Å². The number of nitrogens with two attached hydrogens (primary N) is 1. The SMILES string of the molecule is C[C@H](NC(=O)c1cccs1)C(=O)Nc1ccc(-n2ccc(C(N)=O)n2)cc1. The molecule has 4 N–H and O–H groups in total. The Labute approximate surface area is 159 Å². The molecular formula is C18H17N5O3S. The fraction of sp³-hybridized carbons (Fsp3) is 0.111. The average molecular weight is 383 g/mol. The lowest BCUT2D eigenvalue weighted by Crippen LogP contribution is -2.41. The number of aromatic nitrogens is 2. The smallest absolute Gasteiger partial charge is 0.269 e. The Morgan fingerprint density at radius 1 is 1.15 bits per heavy atom. The van der Waals surface area contributed by atoms with Gasteiger partial charge in [-0.05, 0) is 48.7 Å². The first-order valence-corrected chi connectivity index (χ1v) is 8.93. The van der Waals surface area contributed by atoms with E-state index in [1.165, 1.54) is 22.1 Å². The van der Waals surface area contributed by atoms with Gasteiger partial charge >= 0.3 is 0 Å². The van der Waals surface area contributed by atoms with Crippen LogP contribution in [0.1, 0.15) is 27.1 Å². The predicted molar refractivity (Wildman–Crippen MR) is 102 cm³/mol. The maximum Gasteiger partial charge on any atom is 0.269 e. The second-order valence-corrected chi connectivity index (χ2v) is 6.67. The Hall–Kier alpha value is -3.46. The van der Waals surface area contributed by atoms with Crippen molar-refractivity contribution in [3.63, 3.8) is 0 Å². The number of thiophene rings is 1. The fourth-order valence-corrected chi connectivity index (χ4v) is 2.92. The molecule has 3 rings (SSSR count). The van der Waals surface area contributed by atoms with E-state index < -0.39 is 11.9 Å². The molecule has 0 bridgehead atoms. The van der Waals surface area contributed by atoms with Crippen LogP contribution in [0.5, 0.6) is 0 Å². The Bertz CT molecular complexity index is 963. The van der Waals surface area contributed by atoms with E-state index in [0.717, 1.165) is 0 Å². The summed E-state index contributed by atoms with van der Waals surface area (Å²) in [7, 11) is 0. The topological polar surface area (TPSA) is 119 Å². The Morgan fingerprint density at radius 3 is 2.48 bits per heavy atom. The molecule has 0 saturated heterocycles. The van der Waals surface area contributed by atoms with Crippen LogP contribution in [0.25, 0.3) is 5.69 Å². The van der Waals surface area contributed by atoms with E-state index in [-0.39, 0.29) is 17.5 Å². The first-order valence-electron chi connectivity index (χ1n) is 8.05. The normalized spacial score (nSPS) is 11.6. The summed E-state index contributed by atoms with van der Waals surface area (Å²) in [6, 6.07) is 11.2. The molecule has 2 heterocycles. The monoisotopic (exact) mass is 383 g/mol. The van der Waals surface area contributed by atoms with Crippen molar-refractivity contribution < 1.29 is 14.4 Å². The Morgan fingerprint density at radius 2 is 1.89 bits per heavy atom. The summed E-state index contributed by atoms with van der Waals surface area (Å²) < 4.78 is 1.51. The number of nitrogens with one attached hydrogen (secondary N) is 2. The number of amides is 3. The first kappa shape index (κ1) is 18.3. The zero-order valence-electron chi connectivity index (χ0n) is 14.4. The van der Waals surface area contributed by atoms with E-state index in [0.29, 0.717) is 16.3 Å². The van der Waals surface area contributed by atoms with E-state index in [4.69, 9.17) is 5.73 Å². The molecule has 0 aliphatic carbocycles. The minimum Gasteiger partial charge on any atom is -0.364 e. The molecule has 3 aromatic rings. The zero-order chi connectivity index (χ0) is 19.4. The molecule has 0 spiro atoms. The molecule has 0 saturated carbocycles. The highest BCUT2D eigenvalue weighted by molar-refractivity contribution is 7.12. The highest BCUT2D eigenvalue weighted by atomic mass is 32.1. The Balaban J connectivity index is 1.60. The highest BCUT2D eigenvalue weighted by Crippen LogP contribution is 2.14. The van der Waals surface area contributed by atoms with Gasteiger partial charge in [0.1, 0.15) is 11.7 Å². The molecule has 8 nitrogen and oxygen atoms in total. The maximum absolute atomic E-state index is 12.3. The number of nitrogens with zero attached hydrogens (tertiary/aromatic N) is 2. The maximum atomic E-state index is 12.3. The van der Waals surface area contributed by atoms with Crippen molar-refractivity contribution >= 4 is 34.7 Å². The van der Waals surface area contributed by atoms with Gasteiger partial charge in [-0.25, -0.2) is 4.68 Å². The van der Waals surface area contributed by atoms with Crippen LogP contribution in [0.3, 0.4) is 0 Å². The second kappa shape index (κ2) is 7.83. The van der Waals surface area contributed by atoms with E-state index in [9.17, 15) is 14.4 Å². The third-order valence-corrected chi connectivity index (χ3v) is 4.60. The minimum absolute atomic E-state index is 0.169. The number of benzene rings is 1. The largest absolute Gasteiger partial charge is 0.364 e. The van der Waals surface area contributed by atoms with Crippen LogP contribution in [0.15, 0.2) is 54.0 Å². The van der Waals surface area contributed by atoms with E-state index in [1.807, 2.05) is 0 Å². The lowest BCUT2D eigenvalue weighted by Gasteiger charge is -2.14. The predicted octanol–water partition coefficient (Wildman–Crippen LogP) is 1.79. The van der Waals surface area contributed by atoms with Gasteiger partial charge in [-0.2, -0.15) is 5.10 Å². The van der Waals surface area contributed by atoms with Gasteiger partial charge in [-0.3, -0.25) is 14.4 Å². The zero-order valence-corrected chi connectivity index (χ0v) is 15.2. The van der Waals surface area contributed by atoms with Crippen LogP contribution >= 0.6 is 11.3 Å². The van der Waals surface area contributed by atoms with E-state index >= 15 is 0 Å². The van der Waals surface area contributed by atoms with Gasteiger partial charge in [-0.15, -0.1) is 11.3 Å². The molecule has 0 unspecified atom stereocenters. The van der Waals surface area contributed by atoms with E-state index in [2.05, 4.69) is 15.7 Å². The second-order valence-electron chi connectivity index (χ2n) is 5.72. The quantitative estimate of drug-likeness (QED) is 0.601. The van der Waals surface area contributed by atoms with Crippen molar-refractivity contribution in [3.05, 3.63) is 64.6 Å². The van der Waals surface area contributed by atoms with Gasteiger partial charge in [0.25, 0.3) is 11.8 Å². The van der Waals surface area contributed by atoms with Gasteiger partial charge < -0.3 is 16.4 Å². The summed E-state index contributed by atoms with van der Waals surface area (Å²) >= 11 is 1.31. The number of carbonyl (C=O) groups excluding carboxylic acids is 3. The molecule has 3 amide bonds. The molecule has 27 heavy (non-hydrogen) atoms. The number of hydrogen-bond donors (Lipinski definition) is 3. The first-order chi connectivity index (χ1) is 12.9. The summed E-state index contributed by atoms with van der Waals surface area (Å²) in [6.45, 7) is 1.62. The summed E-state index contributed by atoms with van der Waals surface area (Å²) in [5.41, 5.74) is 6.64. The Kier molecular flexibility index (Phi) is 5.32. The number of rotatable bonds is 6. The minimum atomic E-state index is -0.691. The van der Waals surface area contributed by atoms with Gasteiger partial charge in [0.05, 0.1) is 10.6 Å². The lowest BCUT2D eigenvalue weighted by molar-refractivity contribution is -0.117. The molecule has 2 aromatic heterocycles. The molecule has 0 aliphatic heterocycles. The van der Waals surface area contributed by atoms with Gasteiger partial charge in [0.15, 0.2) is 0 Å². The number of carbonyl (C=O) groups is 3. The fourth-order valence-electron chi connectivity index (χ4n) is 2.29. The van der Waals surface area contributed by atoms with Crippen LogP contribution in [0.4, 0.5) is 5.69 Å². The molecule has 9 heteroatoms. The molecule has 0 radical (unpaired) electrons. The van der Waals surface area contributed by atoms with Crippen LogP contribution < -0.4 is 16.4 Å². The van der Waals surface area contributed by atoms with Crippen molar-refractivity contribution in [1.82, 2.24) is 15.1 Å². The molecule has 0 aliphatic rings. The van der Waals surface area contributed by atoms with E-state index in [1.54, 1.807) is 54.9 Å². The number of hydrogen-bond acceptors (Lipinski definition) is 5. The van der Waals surface area contributed by atoms with Crippen molar-refractivity contribution in [2.45, 2.75) is 13.0 Å². The number of primary amides is 1. The van der Waals surface area contributed by atoms with Crippen molar-refractivity contribution in [2.24, 2.45) is 5.73 Å². The molecule has 1 atom stereocenters. The molecule has 0 fully saturated rings. The van der Waals surface area contributed by atoms with Crippen LogP contribution in [0.2, 0.25) is 0 Å². The summed E-state index contributed by atoms with van der Waals surface area (Å²) in [6.07, 6.45) is 1.62. The molecule has 138 valence electrons. The molecular weight excluding hydrogens is 366 g/mol. The third-order valence-electron chi connectivity index (χ3n) is 3.73. The van der Waals surface area contributed by atoms with Gasteiger partial charge in [0, 0.05) is 11.9 Å².